The summed E-state index contributed by atoms with van der Waals surface area (Å²) >= 11 is 5.85. The van der Waals surface area contributed by atoms with Gasteiger partial charge in [0.15, 0.2) is 0 Å². The maximum Gasteiger partial charge on any atom is 0.328 e. The normalized spacial score (nSPS) is 10.6. The van der Waals surface area contributed by atoms with Crippen LogP contribution in [0.25, 0.3) is 6.08 Å². The molecule has 0 fully saturated rings. The molecule has 2 nitrogen and oxygen atoms in total. The minimum absolute atomic E-state index is 0.646. The number of carbonyl (C=O) groups is 1. The van der Waals surface area contributed by atoms with E-state index in [2.05, 4.69) is 0 Å². The number of rotatable bonds is 2. The molecule has 0 aliphatic heterocycles. The van der Waals surface area contributed by atoms with Crippen LogP contribution in [0, 0.1) is 6.92 Å². The SMILES string of the molecule is Cc1c(Cl)cccc1C=CC(=O)O. The zero-order valence-electron chi connectivity index (χ0n) is 7.12. The van der Waals surface area contributed by atoms with E-state index < -0.39 is 5.97 Å². The predicted octanol–water partition coefficient (Wildman–Crippen LogP) is 2.75. The summed E-state index contributed by atoms with van der Waals surface area (Å²) in [5.41, 5.74) is 1.72. The van der Waals surface area contributed by atoms with E-state index in [1.165, 1.54) is 6.08 Å². The van der Waals surface area contributed by atoms with Gasteiger partial charge in [-0.3, -0.25) is 0 Å². The minimum Gasteiger partial charge on any atom is -0.478 e. The summed E-state index contributed by atoms with van der Waals surface area (Å²) in [6.45, 7) is 1.85. The van der Waals surface area contributed by atoms with Crippen LogP contribution in [0.5, 0.6) is 0 Å². The van der Waals surface area contributed by atoms with Crippen molar-refractivity contribution in [2.45, 2.75) is 6.92 Å². The number of benzene rings is 1. The van der Waals surface area contributed by atoms with Crippen LogP contribution in [0.3, 0.4) is 0 Å². The molecule has 0 aromatic heterocycles. The van der Waals surface area contributed by atoms with E-state index in [0.29, 0.717) is 5.02 Å². The monoisotopic (exact) mass is 196 g/mol. The second-order valence-corrected chi connectivity index (χ2v) is 3.03. The largest absolute Gasteiger partial charge is 0.478 e. The van der Waals surface area contributed by atoms with Crippen molar-refractivity contribution in [3.05, 3.63) is 40.4 Å². The molecular formula is C10H9ClO2. The smallest absolute Gasteiger partial charge is 0.328 e. The molecule has 0 aliphatic rings. The number of aliphatic carboxylic acids is 1. The van der Waals surface area contributed by atoms with Gasteiger partial charge in [0.1, 0.15) is 0 Å². The van der Waals surface area contributed by atoms with Gasteiger partial charge in [-0.25, -0.2) is 4.79 Å². The Hall–Kier alpha value is -1.28. The first-order valence-electron chi connectivity index (χ1n) is 3.77. The van der Waals surface area contributed by atoms with Crippen molar-refractivity contribution in [3.63, 3.8) is 0 Å². The molecule has 1 aromatic rings. The van der Waals surface area contributed by atoms with Gasteiger partial charge in [-0.2, -0.15) is 0 Å². The molecule has 1 aromatic carbocycles. The Labute approximate surface area is 81.5 Å². The van der Waals surface area contributed by atoms with E-state index in [4.69, 9.17) is 16.7 Å². The van der Waals surface area contributed by atoms with E-state index in [9.17, 15) is 4.79 Å². The van der Waals surface area contributed by atoms with Gasteiger partial charge in [0.25, 0.3) is 0 Å². The van der Waals surface area contributed by atoms with Crippen LogP contribution in [0.1, 0.15) is 11.1 Å². The fourth-order valence-electron chi connectivity index (χ4n) is 0.966. The van der Waals surface area contributed by atoms with Crippen LogP contribution in [0.15, 0.2) is 24.3 Å². The highest BCUT2D eigenvalue weighted by Crippen LogP contribution is 2.19. The molecule has 0 radical (unpaired) electrons. The van der Waals surface area contributed by atoms with E-state index in [1.54, 1.807) is 12.1 Å². The zero-order valence-corrected chi connectivity index (χ0v) is 7.88. The molecule has 0 heterocycles. The third-order valence-electron chi connectivity index (χ3n) is 1.72. The molecule has 1 rings (SSSR count). The lowest BCUT2D eigenvalue weighted by Crippen LogP contribution is -1.87. The average Bonchev–Trinajstić information content (AvgIpc) is 2.07. The standard InChI is InChI=1S/C10H9ClO2/c1-7-8(5-6-10(12)13)3-2-4-9(7)11/h2-6H,1H3,(H,12,13). The molecule has 3 heteroatoms. The Morgan fingerprint density at radius 3 is 2.85 bits per heavy atom. The third-order valence-corrected chi connectivity index (χ3v) is 2.12. The predicted molar refractivity (Wildman–Crippen MR) is 52.9 cm³/mol. The van der Waals surface area contributed by atoms with Crippen LogP contribution in [-0.2, 0) is 4.79 Å². The summed E-state index contributed by atoms with van der Waals surface area (Å²) < 4.78 is 0. The van der Waals surface area contributed by atoms with Gasteiger partial charge >= 0.3 is 5.97 Å². The van der Waals surface area contributed by atoms with Crippen molar-refractivity contribution in [2.75, 3.05) is 0 Å². The molecule has 0 spiro atoms. The van der Waals surface area contributed by atoms with Crippen LogP contribution in [-0.4, -0.2) is 11.1 Å². The number of hydrogen-bond donors (Lipinski definition) is 1. The topological polar surface area (TPSA) is 37.3 Å². The molecular weight excluding hydrogens is 188 g/mol. The third kappa shape index (κ3) is 2.60. The lowest BCUT2D eigenvalue weighted by molar-refractivity contribution is -0.131. The van der Waals surface area contributed by atoms with Crippen LogP contribution < -0.4 is 0 Å². The summed E-state index contributed by atoms with van der Waals surface area (Å²) in [6, 6.07) is 5.38. The molecule has 13 heavy (non-hydrogen) atoms. The molecule has 0 atom stereocenters. The van der Waals surface area contributed by atoms with Crippen molar-refractivity contribution in [1.29, 1.82) is 0 Å². The Kier molecular flexibility index (Phi) is 3.09. The van der Waals surface area contributed by atoms with Crippen LogP contribution in [0.4, 0.5) is 0 Å². The van der Waals surface area contributed by atoms with E-state index in [0.717, 1.165) is 17.2 Å². The van der Waals surface area contributed by atoms with E-state index >= 15 is 0 Å². The maximum atomic E-state index is 10.2. The highest BCUT2D eigenvalue weighted by molar-refractivity contribution is 6.31. The van der Waals surface area contributed by atoms with Crippen molar-refractivity contribution in [3.8, 4) is 0 Å². The summed E-state index contributed by atoms with van der Waals surface area (Å²) in [5.74, 6) is -0.959. The second kappa shape index (κ2) is 4.10. The molecule has 0 aliphatic carbocycles. The van der Waals surface area contributed by atoms with Crippen LogP contribution in [0.2, 0.25) is 5.02 Å². The first-order valence-corrected chi connectivity index (χ1v) is 4.15. The second-order valence-electron chi connectivity index (χ2n) is 2.63. The number of carboxylic acids is 1. The van der Waals surface area contributed by atoms with Gasteiger partial charge in [0.05, 0.1) is 0 Å². The maximum absolute atomic E-state index is 10.2. The highest BCUT2D eigenvalue weighted by Gasteiger charge is 1.98. The zero-order chi connectivity index (χ0) is 9.84. The Balaban J connectivity index is 3.02. The van der Waals surface area contributed by atoms with Gasteiger partial charge in [0, 0.05) is 11.1 Å². The first kappa shape index (κ1) is 9.81. The lowest BCUT2D eigenvalue weighted by atomic mass is 10.1. The van der Waals surface area contributed by atoms with Gasteiger partial charge < -0.3 is 5.11 Å². The Morgan fingerprint density at radius 2 is 2.23 bits per heavy atom. The molecule has 0 unspecified atom stereocenters. The van der Waals surface area contributed by atoms with Crippen molar-refractivity contribution >= 4 is 23.6 Å². The van der Waals surface area contributed by atoms with Crippen molar-refractivity contribution < 1.29 is 9.90 Å². The fraction of sp³-hybridized carbons (Fsp3) is 0.100. The highest BCUT2D eigenvalue weighted by atomic mass is 35.5. The average molecular weight is 197 g/mol. The minimum atomic E-state index is -0.959. The van der Waals surface area contributed by atoms with Crippen molar-refractivity contribution in [2.24, 2.45) is 0 Å². The lowest BCUT2D eigenvalue weighted by Gasteiger charge is -2.00. The summed E-state index contributed by atoms with van der Waals surface area (Å²) in [7, 11) is 0. The quantitative estimate of drug-likeness (QED) is 0.739. The van der Waals surface area contributed by atoms with Gasteiger partial charge in [0.2, 0.25) is 0 Å². The van der Waals surface area contributed by atoms with Gasteiger partial charge in [-0.1, -0.05) is 23.7 Å². The number of carboxylic acid groups (broad SMARTS) is 1. The van der Waals surface area contributed by atoms with Gasteiger partial charge in [-0.15, -0.1) is 0 Å². The molecule has 0 bridgehead atoms. The van der Waals surface area contributed by atoms with Crippen LogP contribution >= 0.6 is 11.6 Å². The van der Waals surface area contributed by atoms with E-state index in [1.807, 2.05) is 13.0 Å². The fourth-order valence-corrected chi connectivity index (χ4v) is 1.15. The molecule has 0 saturated carbocycles. The number of hydrogen-bond acceptors (Lipinski definition) is 1. The van der Waals surface area contributed by atoms with Gasteiger partial charge in [-0.05, 0) is 30.2 Å². The molecule has 68 valence electrons. The van der Waals surface area contributed by atoms with E-state index in [-0.39, 0.29) is 0 Å². The van der Waals surface area contributed by atoms with Crippen molar-refractivity contribution in [1.82, 2.24) is 0 Å². The Morgan fingerprint density at radius 1 is 1.54 bits per heavy atom. The summed E-state index contributed by atoms with van der Waals surface area (Å²) in [4.78, 5) is 10.2. The number of halogens is 1. The first-order chi connectivity index (χ1) is 6.11. The Bertz CT molecular complexity index is 356. The molecule has 0 saturated heterocycles. The molecule has 1 N–H and O–H groups in total. The summed E-state index contributed by atoms with van der Waals surface area (Å²) in [5, 5.41) is 9.06. The summed E-state index contributed by atoms with van der Waals surface area (Å²) in [6.07, 6.45) is 2.63. The molecule has 0 amide bonds.